The molecule has 12 heavy (non-hydrogen) atoms. The Bertz CT molecular complexity index is 206. The minimum Gasteiger partial charge on any atom is -1.00 e. The zero-order chi connectivity index (χ0) is 8.10. The molecule has 0 spiro atoms. The third kappa shape index (κ3) is 3.14. The number of aryl methyl sites for hydroxylation is 1. The lowest BCUT2D eigenvalue weighted by Crippen LogP contribution is -3.00. The Morgan fingerprint density at radius 1 is 1.17 bits per heavy atom. The summed E-state index contributed by atoms with van der Waals surface area (Å²) in [6.07, 6.45) is 2.36. The number of ether oxygens (including phenoxy) is 1. The summed E-state index contributed by atoms with van der Waals surface area (Å²) < 4.78 is 5.05. The largest absolute Gasteiger partial charge is 1.00 e. The topological polar surface area (TPSA) is 9.23 Å². The highest BCUT2D eigenvalue weighted by molar-refractivity contribution is 5.27. The van der Waals surface area contributed by atoms with Gasteiger partial charge in [0, 0.05) is 0 Å². The van der Waals surface area contributed by atoms with Crippen LogP contribution in [0.2, 0.25) is 0 Å². The van der Waals surface area contributed by atoms with Gasteiger partial charge in [0.25, 0.3) is 0 Å². The molecular weight excluding hydrogens is 172 g/mol. The van der Waals surface area contributed by atoms with E-state index in [1.54, 1.807) is 7.11 Å². The van der Waals surface area contributed by atoms with Crippen LogP contribution in [0, 0.1) is 0 Å². The first-order valence-electron chi connectivity index (χ1n) is 3.99. The first kappa shape index (κ1) is 11.3. The Morgan fingerprint density at radius 3 is 2.17 bits per heavy atom. The number of benzene rings is 1. The standard InChI is InChI=1S/C10H14O.ClH/c1-3-4-9-5-7-10(11-2)8-6-9;/h5-8H,3-4H2,1-2H3;1H/p-1. The van der Waals surface area contributed by atoms with E-state index in [9.17, 15) is 0 Å². The summed E-state index contributed by atoms with van der Waals surface area (Å²) in [5.74, 6) is 0.935. The Hall–Kier alpha value is -0.690. The van der Waals surface area contributed by atoms with Gasteiger partial charge in [-0.25, -0.2) is 0 Å². The van der Waals surface area contributed by atoms with E-state index in [4.69, 9.17) is 4.74 Å². The van der Waals surface area contributed by atoms with Gasteiger partial charge < -0.3 is 17.1 Å². The van der Waals surface area contributed by atoms with Crippen LogP contribution in [-0.4, -0.2) is 7.11 Å². The van der Waals surface area contributed by atoms with Crippen LogP contribution < -0.4 is 17.1 Å². The fraction of sp³-hybridized carbons (Fsp3) is 0.400. The van der Waals surface area contributed by atoms with Crippen LogP contribution in [0.3, 0.4) is 0 Å². The van der Waals surface area contributed by atoms with E-state index in [-0.39, 0.29) is 12.4 Å². The first-order valence-corrected chi connectivity index (χ1v) is 3.99. The molecule has 0 aliphatic rings. The average molecular weight is 186 g/mol. The van der Waals surface area contributed by atoms with Crippen LogP contribution in [0.1, 0.15) is 18.9 Å². The van der Waals surface area contributed by atoms with Crippen LogP contribution >= 0.6 is 0 Å². The highest BCUT2D eigenvalue weighted by Gasteiger charge is 1.91. The summed E-state index contributed by atoms with van der Waals surface area (Å²) in [5.41, 5.74) is 1.38. The number of hydrogen-bond acceptors (Lipinski definition) is 1. The van der Waals surface area contributed by atoms with Gasteiger partial charge in [-0.2, -0.15) is 0 Å². The van der Waals surface area contributed by atoms with Crippen molar-refractivity contribution in [1.82, 2.24) is 0 Å². The maximum atomic E-state index is 5.05. The van der Waals surface area contributed by atoms with Crippen molar-refractivity contribution in [2.75, 3.05) is 7.11 Å². The van der Waals surface area contributed by atoms with Gasteiger partial charge in [-0.15, -0.1) is 0 Å². The Kier molecular flexibility index (Phi) is 5.56. The number of rotatable bonds is 3. The lowest BCUT2D eigenvalue weighted by molar-refractivity contribution is -0.00000268. The van der Waals surface area contributed by atoms with E-state index >= 15 is 0 Å². The Balaban J connectivity index is 0.00000121. The summed E-state index contributed by atoms with van der Waals surface area (Å²) in [4.78, 5) is 0. The molecule has 1 nitrogen and oxygen atoms in total. The van der Waals surface area contributed by atoms with Crippen LogP contribution in [-0.2, 0) is 6.42 Å². The zero-order valence-electron chi connectivity index (χ0n) is 7.51. The van der Waals surface area contributed by atoms with E-state index in [0.29, 0.717) is 0 Å². The third-order valence-electron chi connectivity index (χ3n) is 1.70. The summed E-state index contributed by atoms with van der Waals surface area (Å²) >= 11 is 0. The second kappa shape index (κ2) is 5.90. The number of halogens is 1. The molecule has 0 saturated carbocycles. The summed E-state index contributed by atoms with van der Waals surface area (Å²) in [5, 5.41) is 0. The Labute approximate surface area is 80.2 Å². The van der Waals surface area contributed by atoms with Gasteiger partial charge in [0.2, 0.25) is 0 Å². The van der Waals surface area contributed by atoms with Crippen molar-refractivity contribution >= 4 is 0 Å². The smallest absolute Gasteiger partial charge is 0.118 e. The van der Waals surface area contributed by atoms with Crippen molar-refractivity contribution in [3.05, 3.63) is 29.8 Å². The molecule has 1 aromatic carbocycles. The SMILES string of the molecule is CCCc1ccc(OC)cc1.[Cl-]. The first-order chi connectivity index (χ1) is 5.36. The molecule has 0 radical (unpaired) electrons. The van der Waals surface area contributed by atoms with Crippen molar-refractivity contribution in [2.45, 2.75) is 19.8 Å². The summed E-state index contributed by atoms with van der Waals surface area (Å²) in [6, 6.07) is 8.24. The molecule has 2 heteroatoms. The molecule has 1 aromatic rings. The molecule has 0 atom stereocenters. The number of methoxy groups -OCH3 is 1. The van der Waals surface area contributed by atoms with E-state index in [0.717, 1.165) is 12.2 Å². The molecule has 1 rings (SSSR count). The number of hydrogen-bond donors (Lipinski definition) is 0. The molecule has 0 unspecified atom stereocenters. The normalized spacial score (nSPS) is 8.83. The minimum atomic E-state index is 0. The summed E-state index contributed by atoms with van der Waals surface area (Å²) in [6.45, 7) is 2.18. The van der Waals surface area contributed by atoms with Crippen molar-refractivity contribution in [3.63, 3.8) is 0 Å². The maximum absolute atomic E-state index is 5.05. The lowest BCUT2D eigenvalue weighted by Gasteiger charge is -2.00. The molecule has 0 heterocycles. The minimum absolute atomic E-state index is 0. The van der Waals surface area contributed by atoms with Crippen molar-refractivity contribution in [2.24, 2.45) is 0 Å². The quantitative estimate of drug-likeness (QED) is 0.626. The van der Waals surface area contributed by atoms with Gasteiger partial charge >= 0.3 is 0 Å². The van der Waals surface area contributed by atoms with Gasteiger partial charge in [-0.3, -0.25) is 0 Å². The van der Waals surface area contributed by atoms with Gasteiger partial charge in [-0.1, -0.05) is 25.5 Å². The zero-order valence-corrected chi connectivity index (χ0v) is 8.27. The van der Waals surface area contributed by atoms with Crippen LogP contribution in [0.4, 0.5) is 0 Å². The Morgan fingerprint density at radius 2 is 1.75 bits per heavy atom. The molecule has 0 aromatic heterocycles. The molecule has 0 N–H and O–H groups in total. The fourth-order valence-electron chi connectivity index (χ4n) is 1.08. The van der Waals surface area contributed by atoms with E-state index in [1.165, 1.54) is 12.0 Å². The molecule has 0 aliphatic carbocycles. The third-order valence-corrected chi connectivity index (χ3v) is 1.70. The molecule has 0 saturated heterocycles. The summed E-state index contributed by atoms with van der Waals surface area (Å²) in [7, 11) is 1.69. The van der Waals surface area contributed by atoms with E-state index in [2.05, 4.69) is 19.1 Å². The van der Waals surface area contributed by atoms with Gasteiger partial charge in [0.15, 0.2) is 0 Å². The van der Waals surface area contributed by atoms with Crippen molar-refractivity contribution in [1.29, 1.82) is 0 Å². The van der Waals surface area contributed by atoms with Crippen molar-refractivity contribution < 1.29 is 17.1 Å². The predicted molar refractivity (Wildman–Crippen MR) is 47.0 cm³/mol. The molecular formula is C10H14ClO-. The van der Waals surface area contributed by atoms with Gasteiger partial charge in [-0.05, 0) is 24.1 Å². The highest BCUT2D eigenvalue weighted by atomic mass is 35.5. The van der Waals surface area contributed by atoms with Crippen LogP contribution in [0.5, 0.6) is 5.75 Å². The second-order valence-corrected chi connectivity index (χ2v) is 2.60. The average Bonchev–Trinajstić information content (AvgIpc) is 2.07. The fourth-order valence-corrected chi connectivity index (χ4v) is 1.08. The second-order valence-electron chi connectivity index (χ2n) is 2.60. The molecule has 0 fully saturated rings. The van der Waals surface area contributed by atoms with E-state index in [1.807, 2.05) is 12.1 Å². The predicted octanol–water partition coefficient (Wildman–Crippen LogP) is -0.348. The van der Waals surface area contributed by atoms with Crippen LogP contribution in [0.25, 0.3) is 0 Å². The highest BCUT2D eigenvalue weighted by Crippen LogP contribution is 2.11. The van der Waals surface area contributed by atoms with Gasteiger partial charge in [0.05, 0.1) is 7.11 Å². The van der Waals surface area contributed by atoms with E-state index < -0.39 is 0 Å². The monoisotopic (exact) mass is 185 g/mol. The van der Waals surface area contributed by atoms with Crippen LogP contribution in [0.15, 0.2) is 24.3 Å². The van der Waals surface area contributed by atoms with Gasteiger partial charge in [0.1, 0.15) is 5.75 Å². The lowest BCUT2D eigenvalue weighted by atomic mass is 10.1. The molecule has 0 aliphatic heterocycles. The van der Waals surface area contributed by atoms with Crippen molar-refractivity contribution in [3.8, 4) is 5.75 Å². The molecule has 0 amide bonds. The maximum Gasteiger partial charge on any atom is 0.118 e. The molecule has 0 bridgehead atoms. The molecule has 68 valence electrons.